The number of hydrogen-bond acceptors (Lipinski definition) is 4. The lowest BCUT2D eigenvalue weighted by Crippen LogP contribution is -2.68. The fourth-order valence-corrected chi connectivity index (χ4v) is 3.83. The molecular formula is C18H20ClNO4. The Kier molecular flexibility index (Phi) is 4.90. The van der Waals surface area contributed by atoms with Gasteiger partial charge in [-0.3, -0.25) is 0 Å². The minimum Gasteiger partial charge on any atom is -0.222 e. The first-order valence-corrected chi connectivity index (χ1v) is 9.33. The van der Waals surface area contributed by atoms with Crippen molar-refractivity contribution in [1.29, 1.82) is 0 Å². The van der Waals surface area contributed by atoms with Crippen LogP contribution < -0.4 is 23.2 Å². The van der Waals surface area contributed by atoms with Gasteiger partial charge in [0.1, 0.15) is 0 Å². The van der Waals surface area contributed by atoms with Crippen LogP contribution in [0.2, 0.25) is 0 Å². The van der Waals surface area contributed by atoms with Crippen LogP contribution in [0.25, 0.3) is 11.3 Å². The molecule has 24 heavy (non-hydrogen) atoms. The highest BCUT2D eigenvalue weighted by Crippen LogP contribution is 2.30. The van der Waals surface area contributed by atoms with Crippen LogP contribution in [-0.2, 0) is 25.8 Å². The number of aromatic nitrogens is 1. The zero-order valence-corrected chi connectivity index (χ0v) is 14.3. The molecule has 0 spiro atoms. The Bertz CT molecular complexity index is 749. The first-order chi connectivity index (χ1) is 11.3. The smallest absolute Gasteiger partial charge is 0.213 e. The predicted octanol–water partition coefficient (Wildman–Crippen LogP) is -1.37. The molecule has 0 N–H and O–H groups in total. The first-order valence-electron chi connectivity index (χ1n) is 8.10. The molecule has 1 aliphatic carbocycles. The maximum absolute atomic E-state index is 8.49. The van der Waals surface area contributed by atoms with Gasteiger partial charge in [-0.25, -0.2) is 18.6 Å². The van der Waals surface area contributed by atoms with E-state index in [1.165, 1.54) is 54.5 Å². The van der Waals surface area contributed by atoms with Crippen LogP contribution in [0.3, 0.4) is 0 Å². The average Bonchev–Trinajstić information content (AvgIpc) is 2.53. The summed E-state index contributed by atoms with van der Waals surface area (Å²) in [5.74, 6) is 0. The monoisotopic (exact) mass is 349 g/mol. The lowest BCUT2D eigenvalue weighted by atomic mass is 9.88. The fraction of sp³-hybridized carbons (Fsp3) is 0.389. The first kappa shape index (κ1) is 17.3. The summed E-state index contributed by atoms with van der Waals surface area (Å²) in [6, 6.07) is 11.3. The third-order valence-corrected chi connectivity index (χ3v) is 4.78. The van der Waals surface area contributed by atoms with Gasteiger partial charge in [-0.2, -0.15) is 4.57 Å². The Balaban J connectivity index is 0.000000300. The number of hydrogen-bond donors (Lipinski definition) is 0. The molecule has 1 aliphatic heterocycles. The summed E-state index contributed by atoms with van der Waals surface area (Å²) >= 11 is 0. The van der Waals surface area contributed by atoms with Gasteiger partial charge in [0.25, 0.3) is 0 Å². The topological polar surface area (TPSA) is 96.1 Å². The van der Waals surface area contributed by atoms with Crippen molar-refractivity contribution in [2.45, 2.75) is 45.6 Å². The molecule has 0 unspecified atom stereocenters. The number of fused-ring (bicyclic) bond motifs is 5. The average molecular weight is 350 g/mol. The van der Waals surface area contributed by atoms with E-state index in [0.717, 1.165) is 6.54 Å². The molecule has 0 bridgehead atoms. The summed E-state index contributed by atoms with van der Waals surface area (Å²) in [5, 5.41) is 0. The minimum absolute atomic E-state index is 1.16. The number of rotatable bonds is 0. The zero-order valence-electron chi connectivity index (χ0n) is 13.6. The second-order valence-corrected chi connectivity index (χ2v) is 7.04. The molecule has 0 saturated carbocycles. The quantitative estimate of drug-likeness (QED) is 0.548. The van der Waals surface area contributed by atoms with Crippen LogP contribution in [0.4, 0.5) is 0 Å². The molecule has 0 fully saturated rings. The van der Waals surface area contributed by atoms with E-state index in [9.17, 15) is 0 Å². The summed E-state index contributed by atoms with van der Waals surface area (Å²) < 4.78 is 36.6. The van der Waals surface area contributed by atoms with Gasteiger partial charge in [0.15, 0.2) is 12.2 Å². The van der Waals surface area contributed by atoms with Crippen LogP contribution in [0.1, 0.15) is 35.2 Å². The molecule has 4 rings (SSSR count). The summed E-state index contributed by atoms with van der Waals surface area (Å²) in [6.45, 7) is 3.46. The largest absolute Gasteiger partial charge is 0.222 e. The van der Waals surface area contributed by atoms with Crippen LogP contribution in [0.5, 0.6) is 0 Å². The zero-order chi connectivity index (χ0) is 17.3. The Morgan fingerprint density at radius 1 is 0.958 bits per heavy atom. The van der Waals surface area contributed by atoms with Gasteiger partial charge >= 0.3 is 0 Å². The van der Waals surface area contributed by atoms with E-state index in [-0.39, 0.29) is 0 Å². The lowest BCUT2D eigenvalue weighted by Gasteiger charge is -2.22. The number of benzene rings is 1. The molecule has 2 aliphatic rings. The summed E-state index contributed by atoms with van der Waals surface area (Å²) in [4.78, 5) is 0. The minimum atomic E-state index is -4.94. The van der Waals surface area contributed by atoms with Gasteiger partial charge in [0, 0.05) is 30.0 Å². The predicted molar refractivity (Wildman–Crippen MR) is 77.2 cm³/mol. The molecule has 1 aromatic heterocycles. The molecule has 0 amide bonds. The molecule has 2 heterocycles. The molecule has 2 aromatic rings. The highest BCUT2D eigenvalue weighted by Gasteiger charge is 2.30. The van der Waals surface area contributed by atoms with Crippen molar-refractivity contribution < 1.29 is 33.4 Å². The lowest BCUT2D eigenvalue weighted by molar-refractivity contribution is -2.00. The van der Waals surface area contributed by atoms with E-state index in [4.69, 9.17) is 18.6 Å². The Hall–Kier alpha value is -1.50. The van der Waals surface area contributed by atoms with Crippen LogP contribution in [-0.4, -0.2) is 0 Å². The van der Waals surface area contributed by atoms with E-state index in [1.54, 1.807) is 11.3 Å². The van der Waals surface area contributed by atoms with Crippen LogP contribution in [0, 0.1) is 17.2 Å². The van der Waals surface area contributed by atoms with Crippen LogP contribution in [0.15, 0.2) is 30.3 Å². The Morgan fingerprint density at radius 2 is 1.62 bits per heavy atom. The number of aryl methyl sites for hydroxylation is 2. The molecule has 6 heteroatoms. The van der Waals surface area contributed by atoms with E-state index >= 15 is 0 Å². The normalized spacial score (nSPS) is 15.5. The SMILES string of the molecule is Cc1cc2[n+](c3c1CCCC3)CCc1ccccc1-2.[O-][Cl+3]([O-])([O-])[O-]. The van der Waals surface area contributed by atoms with Crippen molar-refractivity contribution in [2.24, 2.45) is 0 Å². The van der Waals surface area contributed by atoms with E-state index < -0.39 is 10.2 Å². The van der Waals surface area contributed by atoms with Crippen molar-refractivity contribution in [3.05, 3.63) is 52.7 Å². The maximum atomic E-state index is 8.49. The molecule has 0 saturated heterocycles. The Labute approximate surface area is 143 Å². The molecule has 5 nitrogen and oxygen atoms in total. The van der Waals surface area contributed by atoms with Crippen molar-refractivity contribution in [3.8, 4) is 11.3 Å². The number of pyridine rings is 1. The van der Waals surface area contributed by atoms with Gasteiger partial charge in [0.05, 0.1) is 0 Å². The third-order valence-electron chi connectivity index (χ3n) is 4.78. The van der Waals surface area contributed by atoms with Crippen molar-refractivity contribution in [1.82, 2.24) is 0 Å². The summed E-state index contributed by atoms with van der Waals surface area (Å²) in [5.41, 5.74) is 9.16. The fourth-order valence-electron chi connectivity index (χ4n) is 3.83. The van der Waals surface area contributed by atoms with Crippen molar-refractivity contribution >= 4 is 0 Å². The second-order valence-electron chi connectivity index (χ2n) is 6.28. The Morgan fingerprint density at radius 3 is 2.38 bits per heavy atom. The highest BCUT2D eigenvalue weighted by atomic mass is 35.7. The number of halogens is 1. The molecule has 128 valence electrons. The van der Waals surface area contributed by atoms with Gasteiger partial charge in [-0.15, -0.1) is 10.2 Å². The third kappa shape index (κ3) is 3.77. The number of nitrogens with zero attached hydrogens (tertiary/aromatic N) is 1. The van der Waals surface area contributed by atoms with E-state index in [2.05, 4.69) is 41.8 Å². The molecule has 1 aromatic carbocycles. The van der Waals surface area contributed by atoms with Crippen molar-refractivity contribution in [2.75, 3.05) is 0 Å². The standard InChI is InChI=1S/C18H20N.ClHO4/c1-13-12-18-16-8-3-2-6-14(16)10-11-19(18)17-9-5-4-7-15(13)17;2-1(3,4)5/h2-3,6,8,12H,4-5,7,9-11H2,1H3;(H,2,3,4,5)/q+1;/p-1. The van der Waals surface area contributed by atoms with Crippen molar-refractivity contribution in [3.63, 3.8) is 0 Å². The van der Waals surface area contributed by atoms with Gasteiger partial charge in [-0.05, 0) is 43.4 Å². The summed E-state index contributed by atoms with van der Waals surface area (Å²) in [7, 11) is -4.94. The second kappa shape index (κ2) is 6.78. The molecular weight excluding hydrogens is 330 g/mol. The van der Waals surface area contributed by atoms with Crippen LogP contribution >= 0.6 is 0 Å². The van der Waals surface area contributed by atoms with Gasteiger partial charge in [0.2, 0.25) is 5.69 Å². The maximum Gasteiger partial charge on any atom is 0.213 e. The van der Waals surface area contributed by atoms with E-state index in [1.807, 2.05) is 0 Å². The summed E-state index contributed by atoms with van der Waals surface area (Å²) in [6.07, 6.45) is 6.46. The highest BCUT2D eigenvalue weighted by molar-refractivity contribution is 5.63. The molecule has 0 atom stereocenters. The van der Waals surface area contributed by atoms with Gasteiger partial charge in [-0.1, -0.05) is 18.2 Å². The van der Waals surface area contributed by atoms with Gasteiger partial charge < -0.3 is 0 Å². The molecule has 0 radical (unpaired) electrons. The van der Waals surface area contributed by atoms with E-state index in [0.29, 0.717) is 0 Å².